The van der Waals surface area contributed by atoms with Gasteiger partial charge in [0.25, 0.3) is 0 Å². The highest BCUT2D eigenvalue weighted by molar-refractivity contribution is 7.98. The van der Waals surface area contributed by atoms with Crippen molar-refractivity contribution >= 4 is 23.6 Å². The summed E-state index contributed by atoms with van der Waals surface area (Å²) in [5.41, 5.74) is 0. The summed E-state index contributed by atoms with van der Waals surface area (Å²) in [4.78, 5) is 15.4. The quantitative estimate of drug-likeness (QED) is 0.353. The summed E-state index contributed by atoms with van der Waals surface area (Å²) >= 11 is 1.78. The number of nitrogens with zero attached hydrogens (tertiary/aromatic N) is 1. The molecule has 0 saturated heterocycles. The molecule has 0 bridgehead atoms. The average Bonchev–Trinajstić information content (AvgIpc) is 2.26. The minimum absolute atomic E-state index is 0.0621. The lowest BCUT2D eigenvalue weighted by Crippen LogP contribution is -2.40. The molecule has 0 aliphatic rings. The molecular formula is C11H24N4OS. The number of carbonyl (C=O) groups is 1. The van der Waals surface area contributed by atoms with Crippen molar-refractivity contribution in [2.75, 3.05) is 32.1 Å². The van der Waals surface area contributed by atoms with Crippen LogP contribution in [0.3, 0.4) is 0 Å². The van der Waals surface area contributed by atoms with E-state index in [0.29, 0.717) is 13.0 Å². The Balaban J connectivity index is 3.66. The Bertz CT molecular complexity index is 244. The SMILES string of the molecule is CN=C(NCCSC)NCCC(=O)NC(C)C. The molecule has 0 rings (SSSR count). The van der Waals surface area contributed by atoms with Crippen LogP contribution in [0.1, 0.15) is 20.3 Å². The first kappa shape index (κ1) is 16.1. The van der Waals surface area contributed by atoms with Gasteiger partial charge in [-0.25, -0.2) is 0 Å². The molecular weight excluding hydrogens is 236 g/mol. The molecule has 0 atom stereocenters. The number of rotatable bonds is 7. The van der Waals surface area contributed by atoms with Crippen LogP contribution in [-0.4, -0.2) is 50.1 Å². The highest BCUT2D eigenvalue weighted by Gasteiger charge is 2.03. The highest BCUT2D eigenvalue weighted by Crippen LogP contribution is 1.87. The van der Waals surface area contributed by atoms with E-state index in [1.807, 2.05) is 13.8 Å². The second kappa shape index (κ2) is 10.3. The smallest absolute Gasteiger partial charge is 0.221 e. The number of hydrogen-bond donors (Lipinski definition) is 3. The molecule has 3 N–H and O–H groups in total. The van der Waals surface area contributed by atoms with Gasteiger partial charge in [-0.2, -0.15) is 11.8 Å². The third kappa shape index (κ3) is 9.99. The van der Waals surface area contributed by atoms with E-state index in [2.05, 4.69) is 27.2 Å². The van der Waals surface area contributed by atoms with Crippen LogP contribution in [0, 0.1) is 0 Å². The second-order valence-corrected chi connectivity index (χ2v) is 4.88. The van der Waals surface area contributed by atoms with E-state index >= 15 is 0 Å². The van der Waals surface area contributed by atoms with Gasteiger partial charge in [0, 0.05) is 38.4 Å². The molecule has 0 spiro atoms. The van der Waals surface area contributed by atoms with Gasteiger partial charge >= 0.3 is 0 Å². The Morgan fingerprint density at radius 3 is 2.47 bits per heavy atom. The van der Waals surface area contributed by atoms with Gasteiger partial charge in [-0.3, -0.25) is 9.79 Å². The Hall–Kier alpha value is -0.910. The number of thioether (sulfide) groups is 1. The van der Waals surface area contributed by atoms with E-state index in [1.165, 1.54) is 0 Å². The van der Waals surface area contributed by atoms with Crippen molar-refractivity contribution in [3.8, 4) is 0 Å². The first-order valence-corrected chi connectivity index (χ1v) is 7.22. The first-order valence-electron chi connectivity index (χ1n) is 5.83. The molecule has 0 heterocycles. The number of hydrogen-bond acceptors (Lipinski definition) is 3. The highest BCUT2D eigenvalue weighted by atomic mass is 32.2. The van der Waals surface area contributed by atoms with E-state index in [4.69, 9.17) is 0 Å². The van der Waals surface area contributed by atoms with Crippen LogP contribution in [-0.2, 0) is 4.79 Å². The maximum Gasteiger partial charge on any atom is 0.221 e. The Morgan fingerprint density at radius 2 is 1.94 bits per heavy atom. The van der Waals surface area contributed by atoms with Gasteiger partial charge in [-0.15, -0.1) is 0 Å². The Kier molecular flexibility index (Phi) is 9.71. The second-order valence-electron chi connectivity index (χ2n) is 3.89. The molecule has 100 valence electrons. The molecule has 17 heavy (non-hydrogen) atoms. The van der Waals surface area contributed by atoms with Gasteiger partial charge in [-0.1, -0.05) is 0 Å². The van der Waals surface area contributed by atoms with Crippen LogP contribution in [0.15, 0.2) is 4.99 Å². The zero-order valence-electron chi connectivity index (χ0n) is 11.2. The van der Waals surface area contributed by atoms with E-state index in [9.17, 15) is 4.79 Å². The van der Waals surface area contributed by atoms with E-state index < -0.39 is 0 Å². The van der Waals surface area contributed by atoms with Gasteiger partial charge in [0.2, 0.25) is 5.91 Å². The van der Waals surface area contributed by atoms with Gasteiger partial charge < -0.3 is 16.0 Å². The number of aliphatic imine (C=N–C) groups is 1. The van der Waals surface area contributed by atoms with E-state index in [1.54, 1.807) is 18.8 Å². The molecule has 0 aromatic carbocycles. The van der Waals surface area contributed by atoms with Gasteiger partial charge in [0.15, 0.2) is 5.96 Å². The third-order valence-electron chi connectivity index (χ3n) is 1.92. The molecule has 0 radical (unpaired) electrons. The van der Waals surface area contributed by atoms with Crippen LogP contribution < -0.4 is 16.0 Å². The fourth-order valence-corrected chi connectivity index (χ4v) is 1.49. The van der Waals surface area contributed by atoms with Crippen LogP contribution in [0.25, 0.3) is 0 Å². The zero-order chi connectivity index (χ0) is 13.1. The van der Waals surface area contributed by atoms with Crippen LogP contribution in [0.4, 0.5) is 0 Å². The molecule has 5 nitrogen and oxygen atoms in total. The Morgan fingerprint density at radius 1 is 1.29 bits per heavy atom. The summed E-state index contributed by atoms with van der Waals surface area (Å²) in [6, 6.07) is 0.196. The monoisotopic (exact) mass is 260 g/mol. The number of guanidine groups is 1. The maximum atomic E-state index is 11.4. The van der Waals surface area contributed by atoms with E-state index in [-0.39, 0.29) is 11.9 Å². The topological polar surface area (TPSA) is 65.5 Å². The molecule has 0 fully saturated rings. The van der Waals surface area contributed by atoms with Gasteiger partial charge in [-0.05, 0) is 20.1 Å². The molecule has 0 aliphatic carbocycles. The summed E-state index contributed by atoms with van der Waals surface area (Å²) in [6.45, 7) is 5.37. The molecule has 1 amide bonds. The van der Waals surface area contributed by atoms with Gasteiger partial charge in [0.1, 0.15) is 0 Å². The lowest BCUT2D eigenvalue weighted by Gasteiger charge is -2.12. The van der Waals surface area contributed by atoms with Gasteiger partial charge in [0.05, 0.1) is 0 Å². The number of carbonyl (C=O) groups excluding carboxylic acids is 1. The largest absolute Gasteiger partial charge is 0.356 e. The zero-order valence-corrected chi connectivity index (χ0v) is 12.0. The minimum atomic E-state index is 0.0621. The molecule has 0 aliphatic heterocycles. The maximum absolute atomic E-state index is 11.4. The summed E-state index contributed by atoms with van der Waals surface area (Å²) in [7, 11) is 1.72. The number of amides is 1. The van der Waals surface area contributed by atoms with Crippen molar-refractivity contribution in [2.45, 2.75) is 26.3 Å². The van der Waals surface area contributed by atoms with E-state index in [0.717, 1.165) is 18.3 Å². The fourth-order valence-electron chi connectivity index (χ4n) is 1.18. The van der Waals surface area contributed by atoms with Crippen LogP contribution in [0.5, 0.6) is 0 Å². The molecule has 0 aromatic heterocycles. The lowest BCUT2D eigenvalue weighted by molar-refractivity contribution is -0.121. The summed E-state index contributed by atoms with van der Waals surface area (Å²) < 4.78 is 0. The first-order chi connectivity index (χ1) is 8.10. The predicted octanol–water partition coefficient (Wildman–Crippen LogP) is 0.429. The fraction of sp³-hybridized carbons (Fsp3) is 0.818. The van der Waals surface area contributed by atoms with Crippen LogP contribution in [0.2, 0.25) is 0 Å². The van der Waals surface area contributed by atoms with Crippen molar-refractivity contribution in [3.05, 3.63) is 0 Å². The standard InChI is InChI=1S/C11H24N4OS/c1-9(2)15-10(16)5-6-13-11(12-3)14-7-8-17-4/h9H,5-8H2,1-4H3,(H,15,16)(H2,12,13,14). The van der Waals surface area contributed by atoms with Crippen molar-refractivity contribution < 1.29 is 4.79 Å². The van der Waals surface area contributed by atoms with Crippen molar-refractivity contribution in [1.29, 1.82) is 0 Å². The van der Waals surface area contributed by atoms with Crippen molar-refractivity contribution in [1.82, 2.24) is 16.0 Å². The average molecular weight is 260 g/mol. The van der Waals surface area contributed by atoms with Crippen molar-refractivity contribution in [2.24, 2.45) is 4.99 Å². The molecule has 6 heteroatoms. The summed E-state index contributed by atoms with van der Waals surface area (Å²) in [5.74, 6) is 1.85. The van der Waals surface area contributed by atoms with Crippen LogP contribution >= 0.6 is 11.8 Å². The molecule has 0 saturated carbocycles. The number of nitrogens with one attached hydrogen (secondary N) is 3. The molecule has 0 unspecified atom stereocenters. The summed E-state index contributed by atoms with van der Waals surface area (Å²) in [5, 5.41) is 9.12. The Labute approximate surface area is 108 Å². The lowest BCUT2D eigenvalue weighted by atomic mass is 10.3. The summed E-state index contributed by atoms with van der Waals surface area (Å²) in [6.07, 6.45) is 2.52. The molecule has 0 aromatic rings. The normalized spacial score (nSPS) is 11.5. The minimum Gasteiger partial charge on any atom is -0.356 e. The third-order valence-corrected chi connectivity index (χ3v) is 2.53. The predicted molar refractivity (Wildman–Crippen MR) is 75.6 cm³/mol. The van der Waals surface area contributed by atoms with Crippen molar-refractivity contribution in [3.63, 3.8) is 0 Å².